The first-order valence-corrected chi connectivity index (χ1v) is 9.51. The van der Waals surface area contributed by atoms with E-state index in [4.69, 9.17) is 4.74 Å². The van der Waals surface area contributed by atoms with Crippen molar-refractivity contribution in [3.05, 3.63) is 29.8 Å². The summed E-state index contributed by atoms with van der Waals surface area (Å²) >= 11 is 0. The van der Waals surface area contributed by atoms with Gasteiger partial charge in [0.2, 0.25) is 0 Å². The Bertz CT molecular complexity index is 570. The highest BCUT2D eigenvalue weighted by molar-refractivity contribution is 5.69. The van der Waals surface area contributed by atoms with Crippen molar-refractivity contribution >= 4 is 11.7 Å². The molecule has 0 radical (unpaired) electrons. The van der Waals surface area contributed by atoms with Crippen molar-refractivity contribution in [2.75, 3.05) is 57.8 Å². The molecule has 0 amide bonds. The zero-order chi connectivity index (χ0) is 17.6. The number of piperazine rings is 1. The molecule has 0 N–H and O–H groups in total. The summed E-state index contributed by atoms with van der Waals surface area (Å²) < 4.78 is 4.77. The van der Waals surface area contributed by atoms with Gasteiger partial charge in [-0.25, -0.2) is 0 Å². The van der Waals surface area contributed by atoms with Gasteiger partial charge in [0.05, 0.1) is 13.5 Å². The second kappa shape index (κ2) is 8.68. The van der Waals surface area contributed by atoms with E-state index in [0.29, 0.717) is 12.5 Å². The molecule has 1 unspecified atom stereocenters. The van der Waals surface area contributed by atoms with E-state index in [2.05, 4.69) is 45.9 Å². The average Bonchev–Trinajstić information content (AvgIpc) is 2.67. The zero-order valence-electron chi connectivity index (χ0n) is 15.6. The number of para-hydroxylation sites is 1. The maximum atomic E-state index is 11.4. The van der Waals surface area contributed by atoms with Gasteiger partial charge >= 0.3 is 5.97 Å². The Morgan fingerprint density at radius 1 is 1.16 bits per heavy atom. The molecule has 1 aromatic rings. The lowest BCUT2D eigenvalue weighted by molar-refractivity contribution is -0.141. The highest BCUT2D eigenvalue weighted by Crippen LogP contribution is 2.23. The third kappa shape index (κ3) is 4.73. The van der Waals surface area contributed by atoms with Gasteiger partial charge in [0, 0.05) is 51.0 Å². The Morgan fingerprint density at radius 3 is 2.64 bits per heavy atom. The van der Waals surface area contributed by atoms with Crippen LogP contribution in [-0.4, -0.2) is 74.7 Å². The quantitative estimate of drug-likeness (QED) is 0.764. The predicted molar refractivity (Wildman–Crippen MR) is 101 cm³/mol. The maximum absolute atomic E-state index is 11.4. The van der Waals surface area contributed by atoms with Crippen LogP contribution in [-0.2, 0) is 9.53 Å². The summed E-state index contributed by atoms with van der Waals surface area (Å²) in [6.07, 6.45) is 3.01. The van der Waals surface area contributed by atoms with Crippen LogP contribution in [0.25, 0.3) is 0 Å². The normalized spacial score (nSPS) is 22.8. The Hall–Kier alpha value is -1.59. The molecule has 5 nitrogen and oxygen atoms in total. The molecule has 0 aliphatic carbocycles. The molecule has 2 heterocycles. The molecule has 0 spiro atoms. The number of rotatable bonds is 5. The van der Waals surface area contributed by atoms with Gasteiger partial charge in [-0.15, -0.1) is 0 Å². The van der Waals surface area contributed by atoms with Crippen LogP contribution in [0, 0.1) is 6.92 Å². The number of hydrogen-bond donors (Lipinski definition) is 0. The summed E-state index contributed by atoms with van der Waals surface area (Å²) in [6, 6.07) is 9.31. The first-order chi connectivity index (χ1) is 12.2. The number of methoxy groups -OCH3 is 1. The van der Waals surface area contributed by atoms with Crippen LogP contribution >= 0.6 is 0 Å². The van der Waals surface area contributed by atoms with Crippen LogP contribution < -0.4 is 4.90 Å². The van der Waals surface area contributed by atoms with Crippen LogP contribution in [0.3, 0.4) is 0 Å². The SMILES string of the molecule is COC(=O)CCN1CCCC(N2CCN(c3ccccc3C)CC2)C1. The summed E-state index contributed by atoms with van der Waals surface area (Å²) in [5.41, 5.74) is 2.74. The molecule has 2 saturated heterocycles. The standard InChI is InChI=1S/C20H31N3O2/c1-17-6-3-4-8-19(17)23-14-12-22(13-15-23)18-7-5-10-21(16-18)11-9-20(24)25-2/h3-4,6,8,18H,5,7,9-16H2,1-2H3. The lowest BCUT2D eigenvalue weighted by Crippen LogP contribution is -2.55. The zero-order valence-corrected chi connectivity index (χ0v) is 15.6. The van der Waals surface area contributed by atoms with Crippen molar-refractivity contribution < 1.29 is 9.53 Å². The fourth-order valence-corrected chi connectivity index (χ4v) is 4.13. The molecular weight excluding hydrogens is 314 g/mol. The van der Waals surface area contributed by atoms with Crippen LogP contribution in [0.4, 0.5) is 5.69 Å². The first kappa shape index (κ1) is 18.2. The number of anilines is 1. The highest BCUT2D eigenvalue weighted by Gasteiger charge is 2.28. The minimum Gasteiger partial charge on any atom is -0.469 e. The molecule has 0 saturated carbocycles. The van der Waals surface area contributed by atoms with E-state index in [1.165, 1.54) is 31.2 Å². The van der Waals surface area contributed by atoms with Gasteiger partial charge in [0.25, 0.3) is 0 Å². The highest BCUT2D eigenvalue weighted by atomic mass is 16.5. The number of nitrogens with zero attached hydrogens (tertiary/aromatic N) is 3. The van der Waals surface area contributed by atoms with Crippen LogP contribution in [0.15, 0.2) is 24.3 Å². The van der Waals surface area contributed by atoms with Gasteiger partial charge in [-0.05, 0) is 37.9 Å². The molecule has 0 bridgehead atoms. The molecular formula is C20H31N3O2. The number of benzene rings is 1. The van der Waals surface area contributed by atoms with Crippen LogP contribution in [0.5, 0.6) is 0 Å². The summed E-state index contributed by atoms with van der Waals surface area (Å²) in [4.78, 5) is 19.0. The van der Waals surface area contributed by atoms with E-state index in [0.717, 1.165) is 45.8 Å². The largest absolute Gasteiger partial charge is 0.469 e. The Kier molecular flexibility index (Phi) is 6.32. The second-order valence-electron chi connectivity index (χ2n) is 7.23. The Morgan fingerprint density at radius 2 is 1.92 bits per heavy atom. The van der Waals surface area contributed by atoms with E-state index in [-0.39, 0.29) is 5.97 Å². The van der Waals surface area contributed by atoms with Gasteiger partial charge in [-0.1, -0.05) is 18.2 Å². The Labute approximate surface area is 151 Å². The van der Waals surface area contributed by atoms with Gasteiger partial charge in [0.15, 0.2) is 0 Å². The third-order valence-electron chi connectivity index (χ3n) is 5.63. The molecule has 1 aromatic carbocycles. The minimum absolute atomic E-state index is 0.103. The number of carbonyl (C=O) groups is 1. The molecule has 138 valence electrons. The fourth-order valence-electron chi connectivity index (χ4n) is 4.13. The van der Waals surface area contributed by atoms with Crippen LogP contribution in [0.1, 0.15) is 24.8 Å². The fraction of sp³-hybridized carbons (Fsp3) is 0.650. The van der Waals surface area contributed by atoms with Gasteiger partial charge in [-0.3, -0.25) is 9.69 Å². The van der Waals surface area contributed by atoms with Crippen molar-refractivity contribution in [2.24, 2.45) is 0 Å². The van der Waals surface area contributed by atoms with Gasteiger partial charge < -0.3 is 14.5 Å². The summed E-state index contributed by atoms with van der Waals surface area (Å²) in [6.45, 7) is 9.67. The van der Waals surface area contributed by atoms with Crippen molar-refractivity contribution in [1.82, 2.24) is 9.80 Å². The van der Waals surface area contributed by atoms with E-state index in [9.17, 15) is 4.79 Å². The lowest BCUT2D eigenvalue weighted by atomic mass is 10.0. The van der Waals surface area contributed by atoms with Gasteiger partial charge in [0.1, 0.15) is 0 Å². The van der Waals surface area contributed by atoms with E-state index < -0.39 is 0 Å². The number of hydrogen-bond acceptors (Lipinski definition) is 5. The van der Waals surface area contributed by atoms with E-state index in [1.807, 2.05) is 0 Å². The van der Waals surface area contributed by atoms with Gasteiger partial charge in [-0.2, -0.15) is 0 Å². The number of ether oxygens (including phenoxy) is 1. The molecule has 5 heteroatoms. The predicted octanol–water partition coefficient (Wildman–Crippen LogP) is 2.14. The van der Waals surface area contributed by atoms with Crippen molar-refractivity contribution in [3.63, 3.8) is 0 Å². The number of esters is 1. The minimum atomic E-state index is -0.103. The third-order valence-corrected chi connectivity index (χ3v) is 5.63. The van der Waals surface area contributed by atoms with Crippen molar-refractivity contribution in [1.29, 1.82) is 0 Å². The molecule has 0 aromatic heterocycles. The maximum Gasteiger partial charge on any atom is 0.306 e. The average molecular weight is 345 g/mol. The second-order valence-corrected chi connectivity index (χ2v) is 7.23. The molecule has 2 aliphatic rings. The molecule has 1 atom stereocenters. The monoisotopic (exact) mass is 345 g/mol. The van der Waals surface area contributed by atoms with E-state index in [1.54, 1.807) is 0 Å². The van der Waals surface area contributed by atoms with Crippen molar-refractivity contribution in [2.45, 2.75) is 32.2 Å². The smallest absolute Gasteiger partial charge is 0.306 e. The first-order valence-electron chi connectivity index (χ1n) is 9.51. The Balaban J connectivity index is 1.49. The number of piperidine rings is 1. The topological polar surface area (TPSA) is 36.0 Å². The number of aryl methyl sites for hydroxylation is 1. The summed E-state index contributed by atoms with van der Waals surface area (Å²) in [5, 5.41) is 0. The molecule has 3 rings (SSSR count). The molecule has 2 aliphatic heterocycles. The lowest BCUT2D eigenvalue weighted by Gasteiger charge is -2.44. The number of carbonyl (C=O) groups excluding carboxylic acids is 1. The summed E-state index contributed by atoms with van der Waals surface area (Å²) in [7, 11) is 1.47. The number of likely N-dealkylation sites (tertiary alicyclic amines) is 1. The van der Waals surface area contributed by atoms with Crippen molar-refractivity contribution in [3.8, 4) is 0 Å². The molecule has 2 fully saturated rings. The summed E-state index contributed by atoms with van der Waals surface area (Å²) in [5.74, 6) is -0.103. The molecule has 25 heavy (non-hydrogen) atoms. The van der Waals surface area contributed by atoms with E-state index >= 15 is 0 Å². The van der Waals surface area contributed by atoms with Crippen LogP contribution in [0.2, 0.25) is 0 Å².